The predicted octanol–water partition coefficient (Wildman–Crippen LogP) is 0.771. The van der Waals surface area contributed by atoms with Gasteiger partial charge < -0.3 is 15.5 Å². The average Bonchev–Trinajstić information content (AvgIpc) is 2.39. The number of nitrogens with two attached hydrogens (primary N) is 1. The van der Waals surface area contributed by atoms with Gasteiger partial charge in [-0.2, -0.15) is 0 Å². The van der Waals surface area contributed by atoms with Crippen molar-refractivity contribution in [3.8, 4) is 0 Å². The summed E-state index contributed by atoms with van der Waals surface area (Å²) in [6.45, 7) is 10.3. The van der Waals surface area contributed by atoms with Crippen LogP contribution >= 0.6 is 0 Å². The number of hydrogen-bond acceptors (Lipinski definition) is 5. The van der Waals surface area contributed by atoms with Gasteiger partial charge in [-0.05, 0) is 12.6 Å². The van der Waals surface area contributed by atoms with Gasteiger partial charge in [0.15, 0.2) is 0 Å². The van der Waals surface area contributed by atoms with Gasteiger partial charge >= 0.3 is 0 Å². The Morgan fingerprint density at radius 2 is 2.06 bits per heavy atom. The van der Waals surface area contributed by atoms with Crippen molar-refractivity contribution in [3.63, 3.8) is 0 Å². The maximum Gasteiger partial charge on any atom is 0.293 e. The molecule has 18 heavy (non-hydrogen) atoms. The molecule has 0 aromatic rings. The highest BCUT2D eigenvalue weighted by Gasteiger charge is 2.14. The second-order valence-electron chi connectivity index (χ2n) is 4.09. The molecule has 1 saturated heterocycles. The van der Waals surface area contributed by atoms with Crippen LogP contribution in [0.15, 0.2) is 36.3 Å². The lowest BCUT2D eigenvalue weighted by Crippen LogP contribution is -2.43. The Hall–Kier alpha value is -1.82. The number of likely N-dealkylation sites (N-methyl/N-ethyl adjacent to an activating group) is 1. The molecule has 100 valence electrons. The first-order valence-corrected chi connectivity index (χ1v) is 5.99. The molecule has 1 fully saturated rings. The molecule has 1 heterocycles. The van der Waals surface area contributed by atoms with Crippen molar-refractivity contribution in [2.24, 2.45) is 5.73 Å². The van der Waals surface area contributed by atoms with E-state index in [1.165, 1.54) is 12.2 Å². The fraction of sp³-hybridized carbons (Fsp3) is 0.500. The van der Waals surface area contributed by atoms with Crippen molar-refractivity contribution in [3.05, 3.63) is 46.4 Å². The zero-order valence-corrected chi connectivity index (χ0v) is 10.7. The van der Waals surface area contributed by atoms with Gasteiger partial charge in [0.1, 0.15) is 5.70 Å². The molecule has 0 unspecified atom stereocenters. The van der Waals surface area contributed by atoms with Crippen molar-refractivity contribution in [2.45, 2.75) is 6.92 Å². The Bertz CT molecular complexity index is 368. The van der Waals surface area contributed by atoms with Crippen molar-refractivity contribution >= 4 is 0 Å². The summed E-state index contributed by atoms with van der Waals surface area (Å²) in [6.07, 6.45) is 4.47. The van der Waals surface area contributed by atoms with E-state index in [0.29, 0.717) is 0 Å². The molecule has 0 aliphatic carbocycles. The number of rotatable bonds is 5. The SMILES string of the molecule is C=C/C(N)=C(\C=C\N1CCN(CC)CC1)[N+](=O)[O-]. The van der Waals surface area contributed by atoms with Gasteiger partial charge in [-0.3, -0.25) is 10.1 Å². The minimum absolute atomic E-state index is 0.0865. The average molecular weight is 252 g/mol. The summed E-state index contributed by atoms with van der Waals surface area (Å²) in [4.78, 5) is 14.7. The van der Waals surface area contributed by atoms with Crippen molar-refractivity contribution < 1.29 is 4.92 Å². The van der Waals surface area contributed by atoms with Crippen LogP contribution in [0.5, 0.6) is 0 Å². The highest BCUT2D eigenvalue weighted by Crippen LogP contribution is 2.07. The summed E-state index contributed by atoms with van der Waals surface area (Å²) in [5.41, 5.74) is 5.50. The van der Waals surface area contributed by atoms with Gasteiger partial charge in [0, 0.05) is 38.5 Å². The first-order chi connectivity index (χ1) is 8.58. The van der Waals surface area contributed by atoms with E-state index in [0.717, 1.165) is 32.7 Å². The summed E-state index contributed by atoms with van der Waals surface area (Å²) < 4.78 is 0. The molecule has 0 spiro atoms. The Balaban J connectivity index is 2.63. The van der Waals surface area contributed by atoms with Crippen LogP contribution in [0, 0.1) is 10.1 Å². The maximum atomic E-state index is 10.8. The van der Waals surface area contributed by atoms with Gasteiger partial charge in [0.25, 0.3) is 5.70 Å². The van der Waals surface area contributed by atoms with Crippen molar-refractivity contribution in [1.82, 2.24) is 9.80 Å². The molecule has 1 rings (SSSR count). The monoisotopic (exact) mass is 252 g/mol. The molecule has 0 aromatic heterocycles. The number of nitrogens with zero attached hydrogens (tertiary/aromatic N) is 3. The van der Waals surface area contributed by atoms with Crippen LogP contribution in [-0.2, 0) is 0 Å². The smallest absolute Gasteiger partial charge is 0.293 e. The van der Waals surface area contributed by atoms with Crippen LogP contribution in [0.4, 0.5) is 0 Å². The largest absolute Gasteiger partial charge is 0.393 e. The fourth-order valence-corrected chi connectivity index (χ4v) is 1.77. The fourth-order valence-electron chi connectivity index (χ4n) is 1.77. The number of nitro groups is 1. The van der Waals surface area contributed by atoms with Crippen molar-refractivity contribution in [1.29, 1.82) is 0 Å². The number of piperazine rings is 1. The van der Waals surface area contributed by atoms with Gasteiger partial charge in [0.05, 0.1) is 4.92 Å². The van der Waals surface area contributed by atoms with E-state index in [1.54, 1.807) is 6.20 Å². The van der Waals surface area contributed by atoms with Crippen molar-refractivity contribution in [2.75, 3.05) is 32.7 Å². The summed E-state index contributed by atoms with van der Waals surface area (Å²) in [6, 6.07) is 0. The third-order valence-corrected chi connectivity index (χ3v) is 3.01. The van der Waals surface area contributed by atoms with Gasteiger partial charge in [-0.1, -0.05) is 13.5 Å². The second kappa shape index (κ2) is 6.80. The topological polar surface area (TPSA) is 75.6 Å². The van der Waals surface area contributed by atoms with E-state index in [1.807, 2.05) is 0 Å². The third kappa shape index (κ3) is 3.89. The van der Waals surface area contributed by atoms with E-state index in [-0.39, 0.29) is 11.4 Å². The molecular formula is C12H20N4O2. The van der Waals surface area contributed by atoms with Crippen LogP contribution in [0.3, 0.4) is 0 Å². The molecule has 6 heteroatoms. The molecule has 0 atom stereocenters. The third-order valence-electron chi connectivity index (χ3n) is 3.01. The summed E-state index contributed by atoms with van der Waals surface area (Å²) in [5.74, 6) is 0. The zero-order valence-electron chi connectivity index (χ0n) is 10.7. The zero-order chi connectivity index (χ0) is 13.5. The van der Waals surface area contributed by atoms with E-state index in [2.05, 4.69) is 23.3 Å². The van der Waals surface area contributed by atoms with E-state index < -0.39 is 4.92 Å². The van der Waals surface area contributed by atoms with Crippen LogP contribution in [0.2, 0.25) is 0 Å². The van der Waals surface area contributed by atoms with Crippen LogP contribution in [0.25, 0.3) is 0 Å². The first kappa shape index (κ1) is 14.2. The highest BCUT2D eigenvalue weighted by molar-refractivity contribution is 5.24. The standard InChI is InChI=1S/C12H20N4O2/c1-3-11(13)12(16(17)18)5-6-15-9-7-14(4-2)8-10-15/h3,5-6H,1,4,7-10,13H2,2H3/b6-5+,12-11-. The summed E-state index contributed by atoms with van der Waals surface area (Å²) >= 11 is 0. The molecule has 6 nitrogen and oxygen atoms in total. The minimum atomic E-state index is -0.490. The molecule has 0 radical (unpaired) electrons. The normalized spacial score (nSPS) is 18.8. The lowest BCUT2D eigenvalue weighted by atomic mass is 10.3. The Kier molecular flexibility index (Phi) is 5.38. The van der Waals surface area contributed by atoms with Crippen LogP contribution in [0.1, 0.15) is 6.92 Å². The Morgan fingerprint density at radius 3 is 2.50 bits per heavy atom. The Morgan fingerprint density at radius 1 is 1.44 bits per heavy atom. The Labute approximate surface area is 107 Å². The summed E-state index contributed by atoms with van der Waals surface area (Å²) in [7, 11) is 0. The molecular weight excluding hydrogens is 232 g/mol. The maximum absolute atomic E-state index is 10.8. The van der Waals surface area contributed by atoms with Gasteiger partial charge in [-0.15, -0.1) is 0 Å². The first-order valence-electron chi connectivity index (χ1n) is 5.99. The molecule has 0 saturated carbocycles. The summed E-state index contributed by atoms with van der Waals surface area (Å²) in [5, 5.41) is 10.8. The number of allylic oxidation sites excluding steroid dienone is 2. The van der Waals surface area contributed by atoms with Crippen LogP contribution in [-0.4, -0.2) is 47.4 Å². The molecule has 0 aromatic carbocycles. The number of hydrogen-bond donors (Lipinski definition) is 1. The second-order valence-corrected chi connectivity index (χ2v) is 4.09. The quantitative estimate of drug-likeness (QED) is 0.444. The van der Waals surface area contributed by atoms with E-state index in [9.17, 15) is 10.1 Å². The molecule has 0 amide bonds. The molecule has 0 bridgehead atoms. The van der Waals surface area contributed by atoms with Gasteiger partial charge in [0.2, 0.25) is 0 Å². The highest BCUT2D eigenvalue weighted by atomic mass is 16.6. The minimum Gasteiger partial charge on any atom is -0.393 e. The lowest BCUT2D eigenvalue weighted by molar-refractivity contribution is -0.420. The molecule has 1 aliphatic heterocycles. The molecule has 1 aliphatic rings. The lowest BCUT2D eigenvalue weighted by Gasteiger charge is -2.33. The van der Waals surface area contributed by atoms with E-state index >= 15 is 0 Å². The molecule has 2 N–H and O–H groups in total. The predicted molar refractivity (Wildman–Crippen MR) is 71.2 cm³/mol. The van der Waals surface area contributed by atoms with Crippen LogP contribution < -0.4 is 5.73 Å². The van der Waals surface area contributed by atoms with Gasteiger partial charge in [-0.25, -0.2) is 0 Å². The van der Waals surface area contributed by atoms with E-state index in [4.69, 9.17) is 5.73 Å².